The molecule has 0 bridgehead atoms. The Bertz CT molecular complexity index is 375. The molecule has 2 aliphatic rings. The summed E-state index contributed by atoms with van der Waals surface area (Å²) in [7, 11) is 1.84. The van der Waals surface area contributed by atoms with Crippen molar-refractivity contribution in [3.63, 3.8) is 0 Å². The van der Waals surface area contributed by atoms with Gasteiger partial charge in [0.05, 0.1) is 7.11 Å². The molecule has 0 aliphatic heterocycles. The fourth-order valence-corrected chi connectivity index (χ4v) is 4.10. The average Bonchev–Trinajstić information content (AvgIpc) is 2.22. The highest BCUT2D eigenvalue weighted by molar-refractivity contribution is 5.28. The zero-order valence-electron chi connectivity index (χ0n) is 12.1. The van der Waals surface area contributed by atoms with Crippen LogP contribution in [0, 0.1) is 22.7 Å². The van der Waals surface area contributed by atoms with Crippen molar-refractivity contribution in [2.24, 2.45) is 22.7 Å². The van der Waals surface area contributed by atoms with Crippen LogP contribution in [0.1, 0.15) is 47.5 Å². The van der Waals surface area contributed by atoms with E-state index < -0.39 is 0 Å². The van der Waals surface area contributed by atoms with Crippen LogP contribution in [0.25, 0.3) is 0 Å². The molecule has 0 N–H and O–H groups in total. The van der Waals surface area contributed by atoms with E-state index in [0.29, 0.717) is 11.8 Å². The van der Waals surface area contributed by atoms with Gasteiger partial charge in [-0.2, -0.15) is 0 Å². The van der Waals surface area contributed by atoms with E-state index in [1.165, 1.54) is 17.8 Å². The lowest BCUT2D eigenvalue weighted by Gasteiger charge is -2.52. The summed E-state index contributed by atoms with van der Waals surface area (Å²) in [5.41, 5.74) is 1.94. The van der Waals surface area contributed by atoms with Crippen LogP contribution in [-0.2, 0) is 4.74 Å². The van der Waals surface area contributed by atoms with E-state index in [2.05, 4.69) is 46.8 Å². The van der Waals surface area contributed by atoms with Gasteiger partial charge in [-0.05, 0) is 42.6 Å². The molecule has 0 heterocycles. The maximum Gasteiger partial charge on any atom is 0.101 e. The summed E-state index contributed by atoms with van der Waals surface area (Å²) in [5.74, 6) is 2.58. The molecule has 0 radical (unpaired) electrons. The van der Waals surface area contributed by atoms with E-state index in [-0.39, 0.29) is 10.8 Å². The van der Waals surface area contributed by atoms with Gasteiger partial charge in [0.2, 0.25) is 0 Å². The molecule has 2 rings (SSSR count). The van der Waals surface area contributed by atoms with Crippen molar-refractivity contribution in [2.75, 3.05) is 7.11 Å². The second-order valence-electron chi connectivity index (χ2n) is 6.75. The summed E-state index contributed by atoms with van der Waals surface area (Å²) < 4.78 is 5.79. The van der Waals surface area contributed by atoms with E-state index in [4.69, 9.17) is 4.74 Å². The predicted molar refractivity (Wildman–Crippen MR) is 72.6 cm³/mol. The largest absolute Gasteiger partial charge is 0.501 e. The number of allylic oxidation sites excluding steroid dienone is 4. The van der Waals surface area contributed by atoms with Gasteiger partial charge in [0, 0.05) is 5.41 Å². The first-order valence-electron chi connectivity index (χ1n) is 6.76. The molecule has 96 valence electrons. The Morgan fingerprint density at radius 2 is 1.94 bits per heavy atom. The predicted octanol–water partition coefficient (Wildman–Crippen LogP) is 4.56. The van der Waals surface area contributed by atoms with Gasteiger partial charge in [-0.25, -0.2) is 0 Å². The maximum atomic E-state index is 5.79. The number of hydrogen-bond donors (Lipinski definition) is 0. The molecule has 3 unspecified atom stereocenters. The van der Waals surface area contributed by atoms with Crippen molar-refractivity contribution in [3.8, 4) is 0 Å². The molecule has 0 aromatic rings. The average molecular weight is 234 g/mol. The Labute approximate surface area is 106 Å². The number of ether oxygens (including phenoxy) is 1. The zero-order chi connectivity index (χ0) is 12.8. The van der Waals surface area contributed by atoms with Gasteiger partial charge in [-0.3, -0.25) is 0 Å². The van der Waals surface area contributed by atoms with Crippen molar-refractivity contribution < 1.29 is 4.74 Å². The lowest BCUT2D eigenvalue weighted by Crippen LogP contribution is -2.45. The maximum absolute atomic E-state index is 5.79. The van der Waals surface area contributed by atoms with Gasteiger partial charge in [0.15, 0.2) is 0 Å². The standard InChI is InChI=1S/C16H26O/c1-11-10-13-15(3,4)8-7-9-16(13,5)14(17-6)12(11)2/h7-8,11,13H,9-10H2,1-6H3. The van der Waals surface area contributed by atoms with Crippen LogP contribution in [-0.4, -0.2) is 7.11 Å². The topological polar surface area (TPSA) is 9.23 Å². The van der Waals surface area contributed by atoms with Crippen LogP contribution in [0.3, 0.4) is 0 Å². The quantitative estimate of drug-likeness (QED) is 0.605. The highest BCUT2D eigenvalue weighted by atomic mass is 16.5. The monoisotopic (exact) mass is 234 g/mol. The summed E-state index contributed by atoms with van der Waals surface area (Å²) in [6, 6.07) is 0. The zero-order valence-corrected chi connectivity index (χ0v) is 12.1. The van der Waals surface area contributed by atoms with Crippen molar-refractivity contribution in [1.29, 1.82) is 0 Å². The first-order valence-corrected chi connectivity index (χ1v) is 6.76. The lowest BCUT2D eigenvalue weighted by atomic mass is 9.53. The summed E-state index contributed by atoms with van der Waals surface area (Å²) >= 11 is 0. The minimum Gasteiger partial charge on any atom is -0.501 e. The van der Waals surface area contributed by atoms with Crippen molar-refractivity contribution in [2.45, 2.75) is 47.5 Å². The molecule has 0 saturated heterocycles. The van der Waals surface area contributed by atoms with E-state index >= 15 is 0 Å². The lowest BCUT2D eigenvalue weighted by molar-refractivity contribution is 0.0231. The molecular weight excluding hydrogens is 208 g/mol. The van der Waals surface area contributed by atoms with Crippen LogP contribution in [0.5, 0.6) is 0 Å². The minimum atomic E-state index is 0.198. The molecular formula is C16H26O. The second kappa shape index (κ2) is 3.90. The Hall–Kier alpha value is -0.720. The molecule has 0 aromatic carbocycles. The van der Waals surface area contributed by atoms with Gasteiger partial charge < -0.3 is 4.74 Å². The normalized spacial score (nSPS) is 40.1. The Morgan fingerprint density at radius 1 is 1.29 bits per heavy atom. The van der Waals surface area contributed by atoms with Gasteiger partial charge in [-0.15, -0.1) is 0 Å². The molecule has 1 nitrogen and oxygen atoms in total. The SMILES string of the molecule is COC1=C(C)C(C)CC2C(C)(C)C=CCC12C. The summed E-state index contributed by atoms with van der Waals surface area (Å²) in [4.78, 5) is 0. The molecule has 0 aromatic heterocycles. The van der Waals surface area contributed by atoms with Crippen LogP contribution in [0.2, 0.25) is 0 Å². The third kappa shape index (κ3) is 1.75. The van der Waals surface area contributed by atoms with E-state index in [9.17, 15) is 0 Å². The van der Waals surface area contributed by atoms with E-state index in [1.807, 2.05) is 7.11 Å². The van der Waals surface area contributed by atoms with Crippen LogP contribution < -0.4 is 0 Å². The molecule has 0 amide bonds. The third-order valence-electron chi connectivity index (χ3n) is 5.17. The fourth-order valence-electron chi connectivity index (χ4n) is 4.10. The van der Waals surface area contributed by atoms with Crippen LogP contribution in [0.15, 0.2) is 23.5 Å². The molecule has 0 saturated carbocycles. The first kappa shape index (κ1) is 12.7. The van der Waals surface area contributed by atoms with Crippen molar-refractivity contribution >= 4 is 0 Å². The van der Waals surface area contributed by atoms with E-state index in [1.54, 1.807) is 0 Å². The van der Waals surface area contributed by atoms with Gasteiger partial charge >= 0.3 is 0 Å². The summed E-state index contributed by atoms with van der Waals surface area (Å²) in [5, 5.41) is 0. The van der Waals surface area contributed by atoms with Crippen LogP contribution in [0.4, 0.5) is 0 Å². The second-order valence-corrected chi connectivity index (χ2v) is 6.75. The number of fused-ring (bicyclic) bond motifs is 1. The van der Waals surface area contributed by atoms with Crippen molar-refractivity contribution in [1.82, 2.24) is 0 Å². The van der Waals surface area contributed by atoms with E-state index in [0.717, 1.165) is 6.42 Å². The number of methoxy groups -OCH3 is 1. The highest BCUT2D eigenvalue weighted by Crippen LogP contribution is 2.58. The number of hydrogen-bond acceptors (Lipinski definition) is 1. The smallest absolute Gasteiger partial charge is 0.101 e. The molecule has 0 spiro atoms. The summed E-state index contributed by atoms with van der Waals surface area (Å²) in [6.45, 7) is 11.7. The van der Waals surface area contributed by atoms with Crippen LogP contribution >= 0.6 is 0 Å². The minimum absolute atomic E-state index is 0.198. The molecule has 17 heavy (non-hydrogen) atoms. The molecule has 2 aliphatic carbocycles. The first-order chi connectivity index (χ1) is 7.83. The molecule has 3 atom stereocenters. The van der Waals surface area contributed by atoms with Crippen molar-refractivity contribution in [3.05, 3.63) is 23.5 Å². The number of rotatable bonds is 1. The Morgan fingerprint density at radius 3 is 2.53 bits per heavy atom. The summed E-state index contributed by atoms with van der Waals surface area (Å²) in [6.07, 6.45) is 7.15. The third-order valence-corrected chi connectivity index (χ3v) is 5.17. The van der Waals surface area contributed by atoms with Gasteiger partial charge in [0.25, 0.3) is 0 Å². The molecule has 1 heteroatoms. The highest BCUT2D eigenvalue weighted by Gasteiger charge is 2.50. The fraction of sp³-hybridized carbons (Fsp3) is 0.750. The molecule has 0 fully saturated rings. The van der Waals surface area contributed by atoms with Gasteiger partial charge in [0.1, 0.15) is 5.76 Å². The Balaban J connectivity index is 2.54. The Kier molecular flexibility index (Phi) is 2.92. The van der Waals surface area contributed by atoms with Gasteiger partial charge in [-0.1, -0.05) is 39.8 Å².